The number of ether oxygens (including phenoxy) is 1. The van der Waals surface area contributed by atoms with E-state index in [0.29, 0.717) is 12.2 Å². The van der Waals surface area contributed by atoms with Gasteiger partial charge < -0.3 is 9.64 Å². The van der Waals surface area contributed by atoms with Crippen LogP contribution in [0.2, 0.25) is 0 Å². The van der Waals surface area contributed by atoms with Crippen molar-refractivity contribution in [3.05, 3.63) is 11.8 Å². The predicted molar refractivity (Wildman–Crippen MR) is 69.5 cm³/mol. The Bertz CT molecular complexity index is 215. The van der Waals surface area contributed by atoms with Gasteiger partial charge in [-0.25, -0.2) is 0 Å². The van der Waals surface area contributed by atoms with Crippen molar-refractivity contribution in [1.29, 1.82) is 0 Å². The maximum absolute atomic E-state index is 5.74. The molecule has 1 heterocycles. The van der Waals surface area contributed by atoms with Crippen LogP contribution in [0.5, 0.6) is 0 Å². The van der Waals surface area contributed by atoms with E-state index in [2.05, 4.69) is 38.8 Å². The lowest BCUT2D eigenvalue weighted by Gasteiger charge is -2.35. The van der Waals surface area contributed by atoms with Gasteiger partial charge in [0.1, 0.15) is 0 Å². The van der Waals surface area contributed by atoms with Gasteiger partial charge in [0.25, 0.3) is 0 Å². The Labute approximate surface area is 101 Å². The maximum Gasteiger partial charge on any atom is 0.0726 e. The summed E-state index contributed by atoms with van der Waals surface area (Å²) in [5.74, 6) is 0. The normalized spacial score (nSPS) is 27.2. The summed E-state index contributed by atoms with van der Waals surface area (Å²) in [6.07, 6.45) is 8.15. The summed E-state index contributed by atoms with van der Waals surface area (Å²) in [6, 6.07) is 0. The van der Waals surface area contributed by atoms with E-state index in [-0.39, 0.29) is 0 Å². The van der Waals surface area contributed by atoms with Crippen LogP contribution < -0.4 is 0 Å². The lowest BCUT2D eigenvalue weighted by molar-refractivity contribution is -0.0543. The van der Waals surface area contributed by atoms with Crippen molar-refractivity contribution in [3.63, 3.8) is 0 Å². The molecule has 0 amide bonds. The molecule has 0 radical (unpaired) electrons. The first kappa shape index (κ1) is 13.6. The number of rotatable bonds is 5. The number of allylic oxidation sites excluding steroid dienone is 1. The van der Waals surface area contributed by atoms with Gasteiger partial charge in [0.05, 0.1) is 12.2 Å². The molecule has 16 heavy (non-hydrogen) atoms. The van der Waals surface area contributed by atoms with E-state index in [1.807, 2.05) is 0 Å². The topological polar surface area (TPSA) is 12.5 Å². The molecule has 1 fully saturated rings. The lowest BCUT2D eigenvalue weighted by Crippen LogP contribution is -2.42. The molecule has 2 nitrogen and oxygen atoms in total. The second-order valence-electron chi connectivity index (χ2n) is 4.96. The van der Waals surface area contributed by atoms with E-state index in [0.717, 1.165) is 13.1 Å². The molecular weight excluding hydrogens is 198 g/mol. The van der Waals surface area contributed by atoms with Crippen LogP contribution in [0, 0.1) is 0 Å². The molecule has 0 N–H and O–H groups in total. The molecule has 0 aromatic heterocycles. The quantitative estimate of drug-likeness (QED) is 0.709. The van der Waals surface area contributed by atoms with E-state index < -0.39 is 0 Å². The summed E-state index contributed by atoms with van der Waals surface area (Å²) in [5.41, 5.74) is 1.59. The van der Waals surface area contributed by atoms with E-state index >= 15 is 0 Å². The number of hydrogen-bond donors (Lipinski definition) is 0. The molecule has 94 valence electrons. The van der Waals surface area contributed by atoms with Crippen LogP contribution in [0.25, 0.3) is 0 Å². The van der Waals surface area contributed by atoms with Gasteiger partial charge in [-0.1, -0.05) is 25.8 Å². The highest BCUT2D eigenvalue weighted by Crippen LogP contribution is 2.16. The summed E-state index contributed by atoms with van der Waals surface area (Å²) in [6.45, 7) is 10.9. The highest BCUT2D eigenvalue weighted by molar-refractivity contribution is 5.01. The number of unbranched alkanes of at least 4 members (excludes halogenated alkanes) is 1. The number of morpholine rings is 1. The van der Waals surface area contributed by atoms with Crippen molar-refractivity contribution in [2.45, 2.75) is 65.6 Å². The zero-order valence-electron chi connectivity index (χ0n) is 11.3. The Kier molecular flexibility index (Phi) is 5.89. The SMILES string of the molecule is CCCC/C(=C/N1CC(C)OC(C)C1)CC. The first-order valence-corrected chi connectivity index (χ1v) is 6.74. The Morgan fingerprint density at radius 2 is 1.88 bits per heavy atom. The minimum Gasteiger partial charge on any atom is -0.372 e. The Morgan fingerprint density at radius 1 is 1.25 bits per heavy atom. The number of nitrogens with zero attached hydrogens (tertiary/aromatic N) is 1. The Balaban J connectivity index is 2.50. The van der Waals surface area contributed by atoms with Gasteiger partial charge in [-0.2, -0.15) is 0 Å². The summed E-state index contributed by atoms with van der Waals surface area (Å²) >= 11 is 0. The van der Waals surface area contributed by atoms with E-state index in [9.17, 15) is 0 Å². The van der Waals surface area contributed by atoms with Crippen molar-refractivity contribution in [3.8, 4) is 0 Å². The van der Waals surface area contributed by atoms with Gasteiger partial charge in [0.2, 0.25) is 0 Å². The summed E-state index contributed by atoms with van der Waals surface area (Å²) < 4.78 is 5.74. The zero-order valence-corrected chi connectivity index (χ0v) is 11.3. The highest BCUT2D eigenvalue weighted by Gasteiger charge is 2.19. The predicted octanol–water partition coefficient (Wildman–Crippen LogP) is 3.58. The van der Waals surface area contributed by atoms with E-state index in [1.165, 1.54) is 25.7 Å². The van der Waals surface area contributed by atoms with Crippen molar-refractivity contribution in [2.24, 2.45) is 0 Å². The van der Waals surface area contributed by atoms with Gasteiger partial charge in [0.15, 0.2) is 0 Å². The van der Waals surface area contributed by atoms with Crippen LogP contribution in [-0.2, 0) is 4.74 Å². The molecule has 0 aromatic rings. The molecule has 1 aliphatic heterocycles. The first-order chi connectivity index (χ1) is 7.65. The summed E-state index contributed by atoms with van der Waals surface area (Å²) in [7, 11) is 0. The van der Waals surface area contributed by atoms with Crippen LogP contribution >= 0.6 is 0 Å². The minimum atomic E-state index is 0.365. The Hall–Kier alpha value is -0.500. The zero-order chi connectivity index (χ0) is 12.0. The third-order valence-corrected chi connectivity index (χ3v) is 3.12. The lowest BCUT2D eigenvalue weighted by atomic mass is 10.1. The average Bonchev–Trinajstić information content (AvgIpc) is 2.22. The van der Waals surface area contributed by atoms with Crippen molar-refractivity contribution < 1.29 is 4.74 Å². The summed E-state index contributed by atoms with van der Waals surface area (Å²) in [4.78, 5) is 2.44. The molecule has 1 aliphatic rings. The Morgan fingerprint density at radius 3 is 2.38 bits per heavy atom. The fraction of sp³-hybridized carbons (Fsp3) is 0.857. The molecule has 1 rings (SSSR count). The molecule has 2 unspecified atom stereocenters. The van der Waals surface area contributed by atoms with Gasteiger partial charge in [0, 0.05) is 13.1 Å². The molecule has 0 spiro atoms. The largest absolute Gasteiger partial charge is 0.372 e. The van der Waals surface area contributed by atoms with Crippen LogP contribution in [0.4, 0.5) is 0 Å². The molecule has 0 aromatic carbocycles. The minimum absolute atomic E-state index is 0.365. The average molecular weight is 225 g/mol. The van der Waals surface area contributed by atoms with Gasteiger partial charge in [-0.15, -0.1) is 0 Å². The van der Waals surface area contributed by atoms with Crippen LogP contribution in [0.3, 0.4) is 0 Å². The molecule has 2 heteroatoms. The van der Waals surface area contributed by atoms with Crippen LogP contribution in [0.1, 0.15) is 53.4 Å². The molecule has 0 saturated carbocycles. The third-order valence-electron chi connectivity index (χ3n) is 3.12. The fourth-order valence-electron chi connectivity index (χ4n) is 2.32. The standard InChI is InChI=1S/C14H27NO/c1-5-7-8-14(6-2)11-15-9-12(3)16-13(4)10-15/h11-13H,5-10H2,1-4H3/b14-11+. The molecule has 1 saturated heterocycles. The number of hydrogen-bond acceptors (Lipinski definition) is 2. The van der Waals surface area contributed by atoms with Gasteiger partial charge >= 0.3 is 0 Å². The van der Waals surface area contributed by atoms with Crippen molar-refractivity contribution >= 4 is 0 Å². The second kappa shape index (κ2) is 6.95. The molecular formula is C14H27NO. The summed E-state index contributed by atoms with van der Waals surface area (Å²) in [5, 5.41) is 0. The highest BCUT2D eigenvalue weighted by atomic mass is 16.5. The maximum atomic E-state index is 5.74. The first-order valence-electron chi connectivity index (χ1n) is 6.74. The monoisotopic (exact) mass is 225 g/mol. The van der Waals surface area contributed by atoms with E-state index in [4.69, 9.17) is 4.74 Å². The van der Waals surface area contributed by atoms with Crippen molar-refractivity contribution in [1.82, 2.24) is 4.90 Å². The fourth-order valence-corrected chi connectivity index (χ4v) is 2.32. The van der Waals surface area contributed by atoms with Crippen LogP contribution in [-0.4, -0.2) is 30.2 Å². The third kappa shape index (κ3) is 4.56. The molecule has 0 aliphatic carbocycles. The second-order valence-corrected chi connectivity index (χ2v) is 4.96. The van der Waals surface area contributed by atoms with Gasteiger partial charge in [-0.05, 0) is 39.3 Å². The van der Waals surface area contributed by atoms with Crippen LogP contribution in [0.15, 0.2) is 11.8 Å². The molecule has 0 bridgehead atoms. The van der Waals surface area contributed by atoms with Crippen molar-refractivity contribution in [2.75, 3.05) is 13.1 Å². The smallest absolute Gasteiger partial charge is 0.0726 e. The van der Waals surface area contributed by atoms with Gasteiger partial charge in [-0.3, -0.25) is 0 Å². The molecule has 2 atom stereocenters. The van der Waals surface area contributed by atoms with E-state index in [1.54, 1.807) is 5.57 Å².